The van der Waals surface area contributed by atoms with Crippen molar-refractivity contribution in [3.8, 4) is 0 Å². The molecule has 0 saturated heterocycles. The lowest BCUT2D eigenvalue weighted by molar-refractivity contribution is 0.596. The van der Waals surface area contributed by atoms with Crippen LogP contribution < -0.4 is 5.56 Å². The zero-order chi connectivity index (χ0) is 20.9. The number of fused-ring (bicyclic) bond motifs is 3. The van der Waals surface area contributed by atoms with Crippen LogP contribution in [0.2, 0.25) is 0 Å². The van der Waals surface area contributed by atoms with E-state index in [1.807, 2.05) is 6.92 Å². The lowest BCUT2D eigenvalue weighted by Crippen LogP contribution is -2.21. The fraction of sp³-hybridized carbons (Fsp3) is 0.217. The van der Waals surface area contributed by atoms with Crippen LogP contribution in [0.3, 0.4) is 0 Å². The first kappa shape index (κ1) is 19.2. The minimum Gasteiger partial charge on any atom is -0.294 e. The number of hydrogen-bond acceptors (Lipinski definition) is 5. The summed E-state index contributed by atoms with van der Waals surface area (Å²) in [5.74, 6) is 0. The minimum absolute atomic E-state index is 0.0178. The summed E-state index contributed by atoms with van der Waals surface area (Å²) < 4.78 is 27.3. The molecule has 152 valence electrons. The minimum atomic E-state index is -3.56. The van der Waals surface area contributed by atoms with Crippen LogP contribution >= 0.6 is 11.3 Å². The molecular formula is C23H20N2O3S2. The zero-order valence-electron chi connectivity index (χ0n) is 16.5. The van der Waals surface area contributed by atoms with Crippen LogP contribution in [0.15, 0.2) is 69.4 Å². The van der Waals surface area contributed by atoms with Gasteiger partial charge in [-0.1, -0.05) is 29.8 Å². The third-order valence-corrected chi connectivity index (χ3v) is 8.60. The second-order valence-corrected chi connectivity index (χ2v) is 10.7. The average Bonchev–Trinajstić information content (AvgIpc) is 3.32. The van der Waals surface area contributed by atoms with E-state index in [1.165, 1.54) is 10.4 Å². The third kappa shape index (κ3) is 3.18. The van der Waals surface area contributed by atoms with Gasteiger partial charge < -0.3 is 0 Å². The van der Waals surface area contributed by atoms with E-state index in [1.54, 1.807) is 70.8 Å². The largest absolute Gasteiger partial charge is 0.294 e. The van der Waals surface area contributed by atoms with Gasteiger partial charge in [0.2, 0.25) is 9.84 Å². The molecule has 5 nitrogen and oxygen atoms in total. The number of nitrogens with zero attached hydrogens (tertiary/aromatic N) is 2. The summed E-state index contributed by atoms with van der Waals surface area (Å²) in [5, 5.41) is 0.758. The molecule has 4 aromatic rings. The smallest absolute Gasteiger partial charge is 0.262 e. The Hall–Kier alpha value is -2.77. The molecule has 0 fully saturated rings. The first-order valence-corrected chi connectivity index (χ1v) is 12.1. The normalized spacial score (nSPS) is 13.6. The van der Waals surface area contributed by atoms with Gasteiger partial charge in [0.05, 0.1) is 28.0 Å². The number of thiophene rings is 1. The van der Waals surface area contributed by atoms with Crippen molar-refractivity contribution in [1.29, 1.82) is 0 Å². The van der Waals surface area contributed by atoms with Crippen molar-refractivity contribution in [3.63, 3.8) is 0 Å². The number of hydrogen-bond donors (Lipinski definition) is 0. The second kappa shape index (κ2) is 7.18. The van der Waals surface area contributed by atoms with Crippen LogP contribution in [0.5, 0.6) is 0 Å². The summed E-state index contributed by atoms with van der Waals surface area (Å²) in [6.07, 6.45) is 4.67. The molecule has 30 heavy (non-hydrogen) atoms. The molecule has 2 aromatic carbocycles. The summed E-state index contributed by atoms with van der Waals surface area (Å²) >= 11 is 1.63. The summed E-state index contributed by atoms with van der Waals surface area (Å²) in [7, 11) is -3.56. The van der Waals surface area contributed by atoms with E-state index in [0.717, 1.165) is 40.6 Å². The van der Waals surface area contributed by atoms with E-state index < -0.39 is 9.84 Å². The Kier molecular flexibility index (Phi) is 4.60. The summed E-state index contributed by atoms with van der Waals surface area (Å²) in [6, 6.07) is 13.5. The van der Waals surface area contributed by atoms with Gasteiger partial charge in [-0.25, -0.2) is 13.4 Å². The second-order valence-electron chi connectivity index (χ2n) is 7.68. The molecule has 0 radical (unpaired) electrons. The van der Waals surface area contributed by atoms with Crippen LogP contribution in [0.4, 0.5) is 0 Å². The molecule has 0 saturated carbocycles. The van der Waals surface area contributed by atoms with Crippen molar-refractivity contribution in [2.45, 2.75) is 42.5 Å². The van der Waals surface area contributed by atoms with Gasteiger partial charge in [0.15, 0.2) is 0 Å². The zero-order valence-corrected chi connectivity index (χ0v) is 18.1. The van der Waals surface area contributed by atoms with Crippen molar-refractivity contribution in [2.24, 2.45) is 0 Å². The Morgan fingerprint density at radius 2 is 1.67 bits per heavy atom. The number of aryl methyl sites for hydroxylation is 3. The van der Waals surface area contributed by atoms with E-state index in [-0.39, 0.29) is 15.4 Å². The molecular weight excluding hydrogens is 416 g/mol. The average molecular weight is 437 g/mol. The van der Waals surface area contributed by atoms with Crippen molar-refractivity contribution in [2.75, 3.05) is 0 Å². The van der Waals surface area contributed by atoms with Crippen LogP contribution in [0.1, 0.15) is 28.0 Å². The van der Waals surface area contributed by atoms with Gasteiger partial charge in [-0.15, -0.1) is 11.3 Å². The maximum atomic E-state index is 13.0. The van der Waals surface area contributed by atoms with E-state index in [2.05, 4.69) is 4.98 Å². The predicted molar refractivity (Wildman–Crippen MR) is 118 cm³/mol. The van der Waals surface area contributed by atoms with Gasteiger partial charge in [-0.2, -0.15) is 0 Å². The molecule has 0 bridgehead atoms. The SMILES string of the molecule is Cc1ccc(S(=O)(=O)c2ccc(Cn3cnc4sc5c(c4c3=O)CCC5)cc2)cc1. The molecule has 2 heterocycles. The van der Waals surface area contributed by atoms with E-state index in [4.69, 9.17) is 0 Å². The third-order valence-electron chi connectivity index (χ3n) is 5.61. The summed E-state index contributed by atoms with van der Waals surface area (Å²) in [6.45, 7) is 2.28. The van der Waals surface area contributed by atoms with Gasteiger partial charge in [-0.3, -0.25) is 9.36 Å². The highest BCUT2D eigenvalue weighted by Gasteiger charge is 2.21. The van der Waals surface area contributed by atoms with Crippen molar-refractivity contribution in [1.82, 2.24) is 9.55 Å². The van der Waals surface area contributed by atoms with Gasteiger partial charge in [0, 0.05) is 4.88 Å². The molecule has 0 amide bonds. The quantitative estimate of drug-likeness (QED) is 0.482. The summed E-state index contributed by atoms with van der Waals surface area (Å²) in [4.78, 5) is 20.1. The van der Waals surface area contributed by atoms with Crippen LogP contribution in [-0.4, -0.2) is 18.0 Å². The molecule has 1 aliphatic rings. The maximum absolute atomic E-state index is 13.0. The highest BCUT2D eigenvalue weighted by molar-refractivity contribution is 7.91. The summed E-state index contributed by atoms with van der Waals surface area (Å²) in [5.41, 5.74) is 3.02. The Morgan fingerprint density at radius 1 is 1.00 bits per heavy atom. The molecule has 0 aliphatic heterocycles. The molecule has 2 aromatic heterocycles. The van der Waals surface area contributed by atoms with Crippen molar-refractivity contribution in [3.05, 3.63) is 86.8 Å². The fourth-order valence-corrected chi connectivity index (χ4v) is 6.44. The lowest BCUT2D eigenvalue weighted by atomic mass is 10.2. The number of aromatic nitrogens is 2. The highest BCUT2D eigenvalue weighted by atomic mass is 32.2. The topological polar surface area (TPSA) is 69.0 Å². The molecule has 5 rings (SSSR count). The molecule has 0 unspecified atom stereocenters. The Bertz CT molecular complexity index is 1410. The van der Waals surface area contributed by atoms with Gasteiger partial charge in [0.1, 0.15) is 4.83 Å². The molecule has 0 spiro atoms. The Labute approximate surface area is 178 Å². The van der Waals surface area contributed by atoms with E-state index >= 15 is 0 Å². The van der Waals surface area contributed by atoms with Crippen LogP contribution in [0.25, 0.3) is 10.2 Å². The van der Waals surface area contributed by atoms with E-state index in [9.17, 15) is 13.2 Å². The highest BCUT2D eigenvalue weighted by Crippen LogP contribution is 2.34. The van der Waals surface area contributed by atoms with E-state index in [0.29, 0.717) is 6.54 Å². The predicted octanol–water partition coefficient (Wildman–Crippen LogP) is 4.14. The number of rotatable bonds is 4. The van der Waals surface area contributed by atoms with Gasteiger partial charge >= 0.3 is 0 Å². The maximum Gasteiger partial charge on any atom is 0.262 e. The molecule has 0 N–H and O–H groups in total. The fourth-order valence-electron chi connectivity index (χ4n) is 3.96. The van der Waals surface area contributed by atoms with Crippen LogP contribution in [0, 0.1) is 6.92 Å². The number of benzene rings is 2. The van der Waals surface area contributed by atoms with Crippen molar-refractivity contribution < 1.29 is 8.42 Å². The van der Waals surface area contributed by atoms with Crippen molar-refractivity contribution >= 4 is 31.4 Å². The number of sulfone groups is 1. The molecule has 7 heteroatoms. The Morgan fingerprint density at radius 3 is 2.37 bits per heavy atom. The van der Waals surface area contributed by atoms with Gasteiger partial charge in [-0.05, 0) is 61.6 Å². The standard InChI is InChI=1S/C23H20N2O3S2/c1-15-5-9-17(10-6-15)30(27,28)18-11-7-16(8-12-18)13-25-14-24-22-21(23(25)26)19-3-2-4-20(19)29-22/h5-12,14H,2-4,13H2,1H3. The first-order chi connectivity index (χ1) is 14.4. The molecule has 0 atom stereocenters. The van der Waals surface area contributed by atoms with Gasteiger partial charge in [0.25, 0.3) is 5.56 Å². The lowest BCUT2D eigenvalue weighted by Gasteiger charge is -2.08. The first-order valence-electron chi connectivity index (χ1n) is 9.84. The van der Waals surface area contributed by atoms with Crippen LogP contribution in [-0.2, 0) is 29.2 Å². The monoisotopic (exact) mass is 436 g/mol. The Balaban J connectivity index is 1.45. The molecule has 1 aliphatic carbocycles.